The topological polar surface area (TPSA) is 61.4 Å². The summed E-state index contributed by atoms with van der Waals surface area (Å²) < 4.78 is 37.2. The fourth-order valence-corrected chi connectivity index (χ4v) is 1.77. The molecule has 0 aliphatic rings. The fourth-order valence-electron chi connectivity index (χ4n) is 1.17. The van der Waals surface area contributed by atoms with Crippen LogP contribution in [-0.2, 0) is 6.18 Å². The van der Waals surface area contributed by atoms with Crippen LogP contribution >= 0.6 is 15.9 Å². The lowest BCUT2D eigenvalue weighted by atomic mass is 10.2. The zero-order valence-electron chi connectivity index (χ0n) is 9.01. The summed E-state index contributed by atoms with van der Waals surface area (Å²) in [5.74, 6) is 0. The van der Waals surface area contributed by atoms with Gasteiger partial charge in [0.05, 0.1) is 12.2 Å². The van der Waals surface area contributed by atoms with Crippen LogP contribution < -0.4 is 10.6 Å². The van der Waals surface area contributed by atoms with Gasteiger partial charge in [-0.3, -0.25) is 0 Å². The standard InChI is InChI=1S/C10H10BrF3N2O2/c11-8-5-6(16-9(18)15-3-4-17)1-2-7(8)10(12,13)14/h1-2,5,17H,3-4H2,(H2,15,16,18). The molecule has 0 aromatic heterocycles. The molecule has 0 unspecified atom stereocenters. The van der Waals surface area contributed by atoms with Crippen molar-refractivity contribution in [3.05, 3.63) is 28.2 Å². The number of carbonyl (C=O) groups is 1. The van der Waals surface area contributed by atoms with E-state index in [0.717, 1.165) is 18.2 Å². The molecular weight excluding hydrogens is 317 g/mol. The molecule has 0 spiro atoms. The number of alkyl halides is 3. The summed E-state index contributed by atoms with van der Waals surface area (Å²) in [5.41, 5.74) is -0.603. The molecule has 8 heteroatoms. The molecule has 0 fully saturated rings. The van der Waals surface area contributed by atoms with Crippen molar-refractivity contribution < 1.29 is 23.1 Å². The summed E-state index contributed by atoms with van der Waals surface area (Å²) in [4.78, 5) is 11.2. The predicted octanol–water partition coefficient (Wildman–Crippen LogP) is 2.58. The quantitative estimate of drug-likeness (QED) is 0.799. The molecule has 0 aliphatic heterocycles. The van der Waals surface area contributed by atoms with Gasteiger partial charge in [-0.1, -0.05) is 15.9 Å². The smallest absolute Gasteiger partial charge is 0.395 e. The Kier molecular flexibility index (Phi) is 4.97. The number of amides is 2. The second-order valence-corrected chi connectivity index (χ2v) is 4.15. The zero-order chi connectivity index (χ0) is 13.8. The summed E-state index contributed by atoms with van der Waals surface area (Å²) in [6.45, 7) is -0.155. The number of urea groups is 1. The van der Waals surface area contributed by atoms with E-state index in [9.17, 15) is 18.0 Å². The van der Waals surface area contributed by atoms with Gasteiger partial charge in [0.15, 0.2) is 0 Å². The molecule has 3 N–H and O–H groups in total. The van der Waals surface area contributed by atoms with Gasteiger partial charge in [0.1, 0.15) is 0 Å². The number of rotatable bonds is 3. The average molecular weight is 327 g/mol. The van der Waals surface area contributed by atoms with Crippen LogP contribution in [0.2, 0.25) is 0 Å². The van der Waals surface area contributed by atoms with Crippen molar-refractivity contribution >= 4 is 27.6 Å². The van der Waals surface area contributed by atoms with Crippen molar-refractivity contribution in [1.29, 1.82) is 0 Å². The molecule has 0 heterocycles. The number of carbonyl (C=O) groups excluding carboxylic acids is 1. The molecular formula is C10H10BrF3N2O2. The Balaban J connectivity index is 2.76. The maximum atomic E-state index is 12.5. The minimum atomic E-state index is -4.45. The highest BCUT2D eigenvalue weighted by Gasteiger charge is 2.32. The van der Waals surface area contributed by atoms with Crippen LogP contribution in [0.1, 0.15) is 5.56 Å². The van der Waals surface area contributed by atoms with Gasteiger partial charge < -0.3 is 15.7 Å². The molecule has 1 aromatic rings. The van der Waals surface area contributed by atoms with Crippen molar-refractivity contribution in [2.45, 2.75) is 6.18 Å². The van der Waals surface area contributed by atoms with Gasteiger partial charge in [-0.15, -0.1) is 0 Å². The highest BCUT2D eigenvalue weighted by atomic mass is 79.9. The van der Waals surface area contributed by atoms with E-state index in [-0.39, 0.29) is 23.3 Å². The van der Waals surface area contributed by atoms with Gasteiger partial charge in [-0.05, 0) is 18.2 Å². The monoisotopic (exact) mass is 326 g/mol. The molecule has 2 amide bonds. The normalized spacial score (nSPS) is 11.2. The minimum absolute atomic E-state index is 0.0631. The van der Waals surface area contributed by atoms with Gasteiger partial charge >= 0.3 is 12.2 Å². The largest absolute Gasteiger partial charge is 0.417 e. The molecule has 100 valence electrons. The Morgan fingerprint density at radius 3 is 2.56 bits per heavy atom. The number of aliphatic hydroxyl groups is 1. The molecule has 0 aliphatic carbocycles. The molecule has 4 nitrogen and oxygen atoms in total. The lowest BCUT2D eigenvalue weighted by Crippen LogP contribution is -2.30. The summed E-state index contributed by atoms with van der Waals surface area (Å²) >= 11 is 2.79. The minimum Gasteiger partial charge on any atom is -0.395 e. The number of aliphatic hydroxyl groups excluding tert-OH is 1. The van der Waals surface area contributed by atoms with Crippen LogP contribution in [0.4, 0.5) is 23.7 Å². The lowest BCUT2D eigenvalue weighted by molar-refractivity contribution is -0.138. The first-order valence-electron chi connectivity index (χ1n) is 4.87. The lowest BCUT2D eigenvalue weighted by Gasteiger charge is -2.11. The zero-order valence-corrected chi connectivity index (χ0v) is 10.6. The second-order valence-electron chi connectivity index (χ2n) is 3.30. The van der Waals surface area contributed by atoms with Gasteiger partial charge in [0, 0.05) is 16.7 Å². The van der Waals surface area contributed by atoms with Gasteiger partial charge in [0.2, 0.25) is 0 Å². The summed E-state index contributed by atoms with van der Waals surface area (Å²) in [7, 11) is 0. The number of hydrogen-bond donors (Lipinski definition) is 3. The Labute approximate surface area is 109 Å². The number of halogens is 4. The Morgan fingerprint density at radius 1 is 1.39 bits per heavy atom. The molecule has 0 radical (unpaired) electrons. The Bertz CT molecular complexity index is 438. The van der Waals surface area contributed by atoms with Gasteiger partial charge in [0.25, 0.3) is 0 Å². The molecule has 0 bridgehead atoms. The van der Waals surface area contributed by atoms with Gasteiger partial charge in [-0.25, -0.2) is 4.79 Å². The van der Waals surface area contributed by atoms with Crippen LogP contribution in [-0.4, -0.2) is 24.3 Å². The molecule has 0 saturated heterocycles. The van der Waals surface area contributed by atoms with E-state index in [1.165, 1.54) is 0 Å². The van der Waals surface area contributed by atoms with E-state index >= 15 is 0 Å². The maximum Gasteiger partial charge on any atom is 0.417 e. The highest BCUT2D eigenvalue weighted by molar-refractivity contribution is 9.10. The number of hydrogen-bond acceptors (Lipinski definition) is 2. The van der Waals surface area contributed by atoms with Crippen LogP contribution in [0, 0.1) is 0 Å². The third-order valence-electron chi connectivity index (χ3n) is 1.93. The molecule has 1 aromatic carbocycles. The maximum absolute atomic E-state index is 12.5. The van der Waals surface area contributed by atoms with Crippen LogP contribution in [0.5, 0.6) is 0 Å². The third-order valence-corrected chi connectivity index (χ3v) is 2.59. The average Bonchev–Trinajstić information content (AvgIpc) is 2.24. The van der Waals surface area contributed by atoms with E-state index in [2.05, 4.69) is 26.6 Å². The molecule has 18 heavy (non-hydrogen) atoms. The Morgan fingerprint density at radius 2 is 2.06 bits per heavy atom. The van der Waals surface area contributed by atoms with Crippen molar-refractivity contribution in [2.24, 2.45) is 0 Å². The predicted molar refractivity (Wildman–Crippen MR) is 63.3 cm³/mol. The van der Waals surface area contributed by atoms with E-state index < -0.39 is 17.8 Å². The SMILES string of the molecule is O=C(NCCO)Nc1ccc(C(F)(F)F)c(Br)c1. The van der Waals surface area contributed by atoms with Crippen molar-refractivity contribution in [2.75, 3.05) is 18.5 Å². The molecule has 0 atom stereocenters. The van der Waals surface area contributed by atoms with Crippen molar-refractivity contribution in [1.82, 2.24) is 5.32 Å². The summed E-state index contributed by atoms with van der Waals surface area (Å²) in [5, 5.41) is 13.1. The van der Waals surface area contributed by atoms with E-state index in [4.69, 9.17) is 5.11 Å². The van der Waals surface area contributed by atoms with Crippen molar-refractivity contribution in [3.63, 3.8) is 0 Å². The first-order chi connectivity index (χ1) is 8.34. The summed E-state index contributed by atoms with van der Waals surface area (Å²) in [6.07, 6.45) is -4.45. The van der Waals surface area contributed by atoms with E-state index in [1.54, 1.807) is 0 Å². The molecule has 1 rings (SSSR count). The molecule has 0 saturated carbocycles. The first kappa shape index (κ1) is 14.8. The summed E-state index contributed by atoms with van der Waals surface area (Å²) in [6, 6.07) is 2.56. The first-order valence-corrected chi connectivity index (χ1v) is 5.66. The highest BCUT2D eigenvalue weighted by Crippen LogP contribution is 2.35. The fraction of sp³-hybridized carbons (Fsp3) is 0.300. The van der Waals surface area contributed by atoms with Gasteiger partial charge in [-0.2, -0.15) is 13.2 Å². The van der Waals surface area contributed by atoms with Crippen LogP contribution in [0.15, 0.2) is 22.7 Å². The third kappa shape index (κ3) is 4.19. The van der Waals surface area contributed by atoms with E-state index in [0.29, 0.717) is 0 Å². The van der Waals surface area contributed by atoms with E-state index in [1.807, 2.05) is 0 Å². The number of nitrogens with one attached hydrogen (secondary N) is 2. The second kappa shape index (κ2) is 6.05. The van der Waals surface area contributed by atoms with Crippen LogP contribution in [0.25, 0.3) is 0 Å². The number of benzene rings is 1. The van der Waals surface area contributed by atoms with Crippen LogP contribution in [0.3, 0.4) is 0 Å². The van der Waals surface area contributed by atoms with Crippen molar-refractivity contribution in [3.8, 4) is 0 Å². The number of anilines is 1. The Hall–Kier alpha value is -1.28.